The molecule has 0 aromatic carbocycles. The SMILES string of the molecule is CCOCC1CCN(C(=NC)NCCCSc2nccs2)C1.I. The van der Waals surface area contributed by atoms with Crippen molar-refractivity contribution in [2.75, 3.05) is 45.6 Å². The molecule has 1 aromatic rings. The third-order valence-corrected chi connectivity index (χ3v) is 5.65. The lowest BCUT2D eigenvalue weighted by molar-refractivity contribution is 0.114. The van der Waals surface area contributed by atoms with Gasteiger partial charge in [0.05, 0.1) is 6.61 Å². The molecule has 23 heavy (non-hydrogen) atoms. The molecule has 0 aliphatic carbocycles. The summed E-state index contributed by atoms with van der Waals surface area (Å²) in [6.07, 6.45) is 4.17. The van der Waals surface area contributed by atoms with Gasteiger partial charge >= 0.3 is 0 Å². The van der Waals surface area contributed by atoms with Crippen molar-refractivity contribution in [2.45, 2.75) is 24.1 Å². The van der Waals surface area contributed by atoms with Gasteiger partial charge < -0.3 is 15.0 Å². The molecule has 1 atom stereocenters. The molecule has 0 saturated carbocycles. The van der Waals surface area contributed by atoms with E-state index in [9.17, 15) is 0 Å². The number of thioether (sulfide) groups is 1. The molecule has 1 aromatic heterocycles. The third kappa shape index (κ3) is 7.57. The Kier molecular flexibility index (Phi) is 11.2. The van der Waals surface area contributed by atoms with Gasteiger partial charge in [-0.1, -0.05) is 11.8 Å². The smallest absolute Gasteiger partial charge is 0.193 e. The van der Waals surface area contributed by atoms with Crippen molar-refractivity contribution < 1.29 is 4.74 Å². The summed E-state index contributed by atoms with van der Waals surface area (Å²) >= 11 is 3.53. The van der Waals surface area contributed by atoms with Crippen molar-refractivity contribution in [1.82, 2.24) is 15.2 Å². The average Bonchev–Trinajstić information content (AvgIpc) is 3.20. The van der Waals surface area contributed by atoms with Gasteiger partial charge in [0.1, 0.15) is 4.34 Å². The molecule has 2 heterocycles. The summed E-state index contributed by atoms with van der Waals surface area (Å²) in [6.45, 7) is 6.81. The standard InChI is InChI=1S/C15H26N4OS2.HI/c1-3-20-12-13-5-8-19(11-13)14(16-2)17-6-4-9-21-15-18-7-10-22-15;/h7,10,13H,3-6,8-9,11-12H2,1-2H3,(H,16,17);1H. The Balaban J connectivity index is 0.00000264. The van der Waals surface area contributed by atoms with E-state index in [0.29, 0.717) is 5.92 Å². The number of nitrogens with one attached hydrogen (secondary N) is 1. The lowest BCUT2D eigenvalue weighted by Crippen LogP contribution is -2.40. The molecule has 1 aliphatic heterocycles. The molecule has 1 aliphatic rings. The molecule has 2 rings (SSSR count). The van der Waals surface area contributed by atoms with Crippen LogP contribution in [-0.2, 0) is 4.74 Å². The van der Waals surface area contributed by atoms with E-state index < -0.39 is 0 Å². The number of guanidine groups is 1. The zero-order valence-corrected chi connectivity index (χ0v) is 17.8. The second-order valence-corrected chi connectivity index (χ2v) is 7.47. The fraction of sp³-hybridized carbons (Fsp3) is 0.733. The molecule has 132 valence electrons. The van der Waals surface area contributed by atoms with Crippen LogP contribution in [0, 0.1) is 5.92 Å². The van der Waals surface area contributed by atoms with Crippen LogP contribution in [0.15, 0.2) is 20.9 Å². The van der Waals surface area contributed by atoms with Gasteiger partial charge in [0.25, 0.3) is 0 Å². The van der Waals surface area contributed by atoms with Crippen LogP contribution >= 0.6 is 47.1 Å². The number of halogens is 1. The van der Waals surface area contributed by atoms with Gasteiger partial charge in [-0.05, 0) is 19.8 Å². The highest BCUT2D eigenvalue weighted by atomic mass is 127. The summed E-state index contributed by atoms with van der Waals surface area (Å²) in [6, 6.07) is 0. The zero-order chi connectivity index (χ0) is 15.6. The predicted molar refractivity (Wildman–Crippen MR) is 110 cm³/mol. The maximum Gasteiger partial charge on any atom is 0.193 e. The number of aliphatic imine (C=N–C) groups is 1. The first-order valence-electron chi connectivity index (χ1n) is 7.89. The summed E-state index contributed by atoms with van der Waals surface area (Å²) in [7, 11) is 1.86. The molecule has 1 N–H and O–H groups in total. The fourth-order valence-corrected chi connectivity index (χ4v) is 4.14. The van der Waals surface area contributed by atoms with E-state index in [2.05, 4.69) is 27.1 Å². The topological polar surface area (TPSA) is 49.8 Å². The van der Waals surface area contributed by atoms with Gasteiger partial charge in [0.2, 0.25) is 0 Å². The van der Waals surface area contributed by atoms with E-state index >= 15 is 0 Å². The lowest BCUT2D eigenvalue weighted by atomic mass is 10.1. The van der Waals surface area contributed by atoms with E-state index in [1.807, 2.05) is 30.4 Å². The molecule has 0 bridgehead atoms. The third-order valence-electron chi connectivity index (χ3n) is 3.59. The zero-order valence-electron chi connectivity index (χ0n) is 13.9. The van der Waals surface area contributed by atoms with E-state index in [1.165, 1.54) is 6.42 Å². The second-order valence-electron chi connectivity index (χ2n) is 5.23. The molecule has 8 heteroatoms. The number of aromatic nitrogens is 1. The quantitative estimate of drug-likeness (QED) is 0.208. The van der Waals surface area contributed by atoms with Crippen molar-refractivity contribution in [2.24, 2.45) is 10.9 Å². The van der Waals surface area contributed by atoms with Crippen LogP contribution in [0.2, 0.25) is 0 Å². The summed E-state index contributed by atoms with van der Waals surface area (Å²) in [4.78, 5) is 11.0. The van der Waals surface area contributed by atoms with Crippen LogP contribution in [0.25, 0.3) is 0 Å². The Hall–Kier alpha value is -0.0600. The number of rotatable bonds is 8. The summed E-state index contributed by atoms with van der Waals surface area (Å²) in [5.74, 6) is 2.75. The number of thiazole rings is 1. The maximum absolute atomic E-state index is 5.53. The Morgan fingerprint density at radius 3 is 3.17 bits per heavy atom. The minimum atomic E-state index is 0. The molecule has 0 amide bonds. The van der Waals surface area contributed by atoms with E-state index in [4.69, 9.17) is 4.74 Å². The van der Waals surface area contributed by atoms with Gasteiger partial charge in [-0.15, -0.1) is 35.3 Å². The monoisotopic (exact) mass is 470 g/mol. The van der Waals surface area contributed by atoms with Crippen LogP contribution in [-0.4, -0.2) is 61.5 Å². The van der Waals surface area contributed by atoms with Crippen LogP contribution < -0.4 is 5.32 Å². The van der Waals surface area contributed by atoms with Crippen LogP contribution in [0.5, 0.6) is 0 Å². The van der Waals surface area contributed by atoms with Crippen LogP contribution in [0.3, 0.4) is 0 Å². The minimum Gasteiger partial charge on any atom is -0.381 e. The summed E-state index contributed by atoms with van der Waals surface area (Å²) < 4.78 is 6.69. The fourth-order valence-electron chi connectivity index (χ4n) is 2.49. The van der Waals surface area contributed by atoms with Gasteiger partial charge in [-0.25, -0.2) is 4.98 Å². The molecule has 1 fully saturated rings. The van der Waals surface area contributed by atoms with E-state index in [-0.39, 0.29) is 24.0 Å². The lowest BCUT2D eigenvalue weighted by Gasteiger charge is -2.21. The van der Waals surface area contributed by atoms with Gasteiger partial charge in [-0.3, -0.25) is 4.99 Å². The molecule has 1 saturated heterocycles. The van der Waals surface area contributed by atoms with Crippen molar-refractivity contribution in [3.63, 3.8) is 0 Å². The Labute approximate surface area is 164 Å². The van der Waals surface area contributed by atoms with Crippen molar-refractivity contribution >= 4 is 53.0 Å². The predicted octanol–water partition coefficient (Wildman–Crippen LogP) is 3.18. The van der Waals surface area contributed by atoms with Gasteiger partial charge in [0, 0.05) is 56.5 Å². The van der Waals surface area contributed by atoms with E-state index in [1.54, 1.807) is 11.3 Å². The van der Waals surface area contributed by atoms with Crippen molar-refractivity contribution in [3.05, 3.63) is 11.6 Å². The van der Waals surface area contributed by atoms with E-state index in [0.717, 1.165) is 55.3 Å². The Morgan fingerprint density at radius 2 is 2.48 bits per heavy atom. The van der Waals surface area contributed by atoms with Crippen LogP contribution in [0.1, 0.15) is 19.8 Å². The molecule has 5 nitrogen and oxygen atoms in total. The number of ether oxygens (including phenoxy) is 1. The average molecular weight is 470 g/mol. The van der Waals surface area contributed by atoms with Crippen molar-refractivity contribution in [3.8, 4) is 0 Å². The normalized spacial score (nSPS) is 18.1. The number of hydrogen-bond acceptors (Lipinski definition) is 5. The molecule has 1 unspecified atom stereocenters. The number of nitrogens with zero attached hydrogens (tertiary/aromatic N) is 3. The van der Waals surface area contributed by atoms with Gasteiger partial charge in [-0.2, -0.15) is 0 Å². The Morgan fingerprint density at radius 1 is 1.61 bits per heavy atom. The molecular weight excluding hydrogens is 443 g/mol. The number of hydrogen-bond donors (Lipinski definition) is 1. The summed E-state index contributed by atoms with van der Waals surface area (Å²) in [5, 5.41) is 5.50. The first-order chi connectivity index (χ1) is 10.8. The molecule has 0 radical (unpaired) electrons. The summed E-state index contributed by atoms with van der Waals surface area (Å²) in [5.41, 5.74) is 0. The highest BCUT2D eigenvalue weighted by Gasteiger charge is 2.24. The largest absolute Gasteiger partial charge is 0.381 e. The maximum atomic E-state index is 5.53. The first kappa shape index (κ1) is 21.0. The highest BCUT2D eigenvalue weighted by Crippen LogP contribution is 2.20. The van der Waals surface area contributed by atoms with Gasteiger partial charge in [0.15, 0.2) is 5.96 Å². The van der Waals surface area contributed by atoms with Crippen molar-refractivity contribution in [1.29, 1.82) is 0 Å². The minimum absolute atomic E-state index is 0. The molecule has 0 spiro atoms. The Bertz CT molecular complexity index is 445. The molecular formula is C15H27IN4OS2. The highest BCUT2D eigenvalue weighted by molar-refractivity contribution is 14.0. The van der Waals surface area contributed by atoms with Crippen LogP contribution in [0.4, 0.5) is 0 Å². The number of likely N-dealkylation sites (tertiary alicyclic amines) is 1. The first-order valence-corrected chi connectivity index (χ1v) is 9.75. The second kappa shape index (κ2) is 12.3.